The molecule has 0 aliphatic rings. The molecule has 1 atom stereocenters. The molecule has 4 nitrogen and oxygen atoms in total. The molecule has 1 unspecified atom stereocenters. The predicted octanol–water partition coefficient (Wildman–Crippen LogP) is 9.13. The Bertz CT molecular complexity index is 1210. The number of halogens is 7. The second kappa shape index (κ2) is 13.2. The van der Waals surface area contributed by atoms with E-state index in [0.29, 0.717) is 6.61 Å². The average molecular weight is 608 g/mol. The minimum absolute atomic E-state index is 0.0479. The summed E-state index contributed by atoms with van der Waals surface area (Å²) in [6, 6.07) is 17.0. The van der Waals surface area contributed by atoms with Crippen molar-refractivity contribution in [2.75, 3.05) is 11.9 Å². The Hall–Kier alpha value is -2.32. The minimum Gasteiger partial charge on any atom is -0.494 e. The largest absolute Gasteiger partial charge is 0.494 e. The number of carbonyl (C=O) groups is 1. The summed E-state index contributed by atoms with van der Waals surface area (Å²) in [7, 11) is 0. The number of benzene rings is 3. The van der Waals surface area contributed by atoms with Gasteiger partial charge in [0.25, 0.3) is 5.91 Å². The van der Waals surface area contributed by atoms with E-state index < -0.39 is 27.6 Å². The van der Waals surface area contributed by atoms with Crippen LogP contribution < -0.4 is 15.4 Å². The highest BCUT2D eigenvalue weighted by atomic mass is 35.6. The number of anilines is 1. The standard InChI is InChI=1S/C27H25Cl4F3N2O2/c1-2-3-4-15-38-21-12-9-18(10-13-21)17-5-7-19(8-6-17)24(37)36-25(26(29,30)31)35-23-16-20(27(32,33)34)11-14-22(23)28/h5-14,16,25,35H,2-4,15H2,1H3,(H,36,37). The van der Waals surface area contributed by atoms with E-state index >= 15 is 0 Å². The van der Waals surface area contributed by atoms with E-state index in [-0.39, 0.29) is 16.3 Å². The topological polar surface area (TPSA) is 50.4 Å². The number of hydrogen-bond acceptors (Lipinski definition) is 3. The third kappa shape index (κ3) is 8.60. The summed E-state index contributed by atoms with van der Waals surface area (Å²) in [5, 5.41) is 5.04. The van der Waals surface area contributed by atoms with E-state index in [9.17, 15) is 18.0 Å². The Labute approximate surface area is 239 Å². The van der Waals surface area contributed by atoms with Gasteiger partial charge in [-0.05, 0) is 60.0 Å². The summed E-state index contributed by atoms with van der Waals surface area (Å²) >= 11 is 24.1. The Balaban J connectivity index is 1.70. The summed E-state index contributed by atoms with van der Waals surface area (Å²) in [6.45, 7) is 2.80. The highest BCUT2D eigenvalue weighted by molar-refractivity contribution is 6.68. The van der Waals surface area contributed by atoms with E-state index in [1.165, 1.54) is 0 Å². The van der Waals surface area contributed by atoms with Crippen LogP contribution in [0.15, 0.2) is 66.7 Å². The van der Waals surface area contributed by atoms with Crippen molar-refractivity contribution in [3.8, 4) is 16.9 Å². The van der Waals surface area contributed by atoms with Gasteiger partial charge in [-0.3, -0.25) is 4.79 Å². The van der Waals surface area contributed by atoms with Gasteiger partial charge < -0.3 is 15.4 Å². The summed E-state index contributed by atoms with van der Waals surface area (Å²) in [5.41, 5.74) is 0.932. The SMILES string of the molecule is CCCCCOc1ccc(-c2ccc(C(=O)NC(Nc3cc(C(F)(F)F)ccc3Cl)C(Cl)(Cl)Cl)cc2)cc1. The van der Waals surface area contributed by atoms with Gasteiger partial charge in [-0.25, -0.2) is 0 Å². The first-order valence-electron chi connectivity index (χ1n) is 11.7. The van der Waals surface area contributed by atoms with Crippen LogP contribution in [0.3, 0.4) is 0 Å². The fourth-order valence-corrected chi connectivity index (χ4v) is 3.98. The van der Waals surface area contributed by atoms with Gasteiger partial charge in [-0.1, -0.05) is 90.4 Å². The predicted molar refractivity (Wildman–Crippen MR) is 149 cm³/mol. The van der Waals surface area contributed by atoms with Crippen LogP contribution >= 0.6 is 46.4 Å². The van der Waals surface area contributed by atoms with Crippen LogP contribution in [0.25, 0.3) is 11.1 Å². The molecular formula is C27H25Cl4F3N2O2. The molecule has 0 aromatic heterocycles. The summed E-state index contributed by atoms with van der Waals surface area (Å²) in [5.74, 6) is 0.172. The van der Waals surface area contributed by atoms with Crippen LogP contribution in [0.1, 0.15) is 42.1 Å². The molecule has 0 spiro atoms. The summed E-state index contributed by atoms with van der Waals surface area (Å²) < 4.78 is 43.0. The van der Waals surface area contributed by atoms with Crippen molar-refractivity contribution in [2.45, 2.75) is 42.3 Å². The molecule has 0 aliphatic carbocycles. The van der Waals surface area contributed by atoms with Crippen LogP contribution in [-0.4, -0.2) is 22.5 Å². The van der Waals surface area contributed by atoms with E-state index in [1.807, 2.05) is 24.3 Å². The normalized spacial score (nSPS) is 12.6. The van der Waals surface area contributed by atoms with Crippen LogP contribution in [0.4, 0.5) is 18.9 Å². The molecular weight excluding hydrogens is 583 g/mol. The third-order valence-electron chi connectivity index (χ3n) is 5.55. The first-order valence-corrected chi connectivity index (χ1v) is 13.2. The number of hydrogen-bond donors (Lipinski definition) is 2. The van der Waals surface area contributed by atoms with Crippen LogP contribution in [-0.2, 0) is 6.18 Å². The van der Waals surface area contributed by atoms with Gasteiger partial charge in [0.05, 0.1) is 22.9 Å². The first-order chi connectivity index (χ1) is 17.9. The molecule has 0 radical (unpaired) electrons. The fraction of sp³-hybridized carbons (Fsp3) is 0.296. The van der Waals surface area contributed by atoms with Crippen LogP contribution in [0.5, 0.6) is 5.75 Å². The van der Waals surface area contributed by atoms with Crippen molar-refractivity contribution in [3.63, 3.8) is 0 Å². The van der Waals surface area contributed by atoms with Gasteiger partial charge in [-0.15, -0.1) is 0 Å². The number of unbranched alkanes of at least 4 members (excludes halogenated alkanes) is 2. The zero-order chi connectivity index (χ0) is 27.9. The van der Waals surface area contributed by atoms with Crippen LogP contribution in [0, 0.1) is 0 Å². The van der Waals surface area contributed by atoms with Gasteiger partial charge in [0.1, 0.15) is 11.9 Å². The van der Waals surface area contributed by atoms with Crippen molar-refractivity contribution in [3.05, 3.63) is 82.9 Å². The number of rotatable bonds is 10. The molecule has 3 rings (SSSR count). The highest BCUT2D eigenvalue weighted by Gasteiger charge is 2.36. The summed E-state index contributed by atoms with van der Waals surface area (Å²) in [6.07, 6.45) is -2.75. The van der Waals surface area contributed by atoms with Gasteiger partial charge in [0.2, 0.25) is 3.79 Å². The molecule has 3 aromatic carbocycles. The van der Waals surface area contributed by atoms with Crippen molar-refractivity contribution < 1.29 is 22.7 Å². The maximum Gasteiger partial charge on any atom is 0.416 e. The Kier molecular flexibility index (Phi) is 10.5. The number of carbonyl (C=O) groups excluding carboxylic acids is 1. The van der Waals surface area contributed by atoms with E-state index in [1.54, 1.807) is 24.3 Å². The first kappa shape index (κ1) is 30.2. The quantitative estimate of drug-likeness (QED) is 0.137. The number of ether oxygens (including phenoxy) is 1. The lowest BCUT2D eigenvalue weighted by Gasteiger charge is -2.28. The fourth-order valence-electron chi connectivity index (χ4n) is 3.48. The molecule has 11 heteroatoms. The van der Waals surface area contributed by atoms with E-state index in [0.717, 1.165) is 54.3 Å². The number of amides is 1. The lowest BCUT2D eigenvalue weighted by molar-refractivity contribution is -0.137. The van der Waals surface area contributed by atoms with Crippen LogP contribution in [0.2, 0.25) is 5.02 Å². The maximum absolute atomic E-state index is 13.1. The molecule has 2 N–H and O–H groups in total. The maximum atomic E-state index is 13.1. The van der Waals surface area contributed by atoms with E-state index in [4.69, 9.17) is 51.1 Å². The zero-order valence-corrected chi connectivity index (χ0v) is 23.2. The highest BCUT2D eigenvalue weighted by Crippen LogP contribution is 2.37. The number of alkyl halides is 6. The monoisotopic (exact) mass is 606 g/mol. The molecule has 0 aliphatic heterocycles. The molecule has 0 heterocycles. The van der Waals surface area contributed by atoms with Crippen molar-refractivity contribution in [1.82, 2.24) is 5.32 Å². The molecule has 204 valence electrons. The van der Waals surface area contributed by atoms with Gasteiger partial charge in [0, 0.05) is 5.56 Å². The Morgan fingerprint density at radius 2 is 1.53 bits per heavy atom. The van der Waals surface area contributed by atoms with E-state index in [2.05, 4.69) is 17.6 Å². The molecule has 0 fully saturated rings. The molecule has 3 aromatic rings. The van der Waals surface area contributed by atoms with Crippen molar-refractivity contribution in [1.29, 1.82) is 0 Å². The molecule has 0 saturated carbocycles. The lowest BCUT2D eigenvalue weighted by Crippen LogP contribution is -2.49. The van der Waals surface area contributed by atoms with Gasteiger partial charge in [-0.2, -0.15) is 13.2 Å². The number of nitrogens with one attached hydrogen (secondary N) is 2. The summed E-state index contributed by atoms with van der Waals surface area (Å²) in [4.78, 5) is 12.9. The minimum atomic E-state index is -4.61. The molecule has 38 heavy (non-hydrogen) atoms. The Morgan fingerprint density at radius 3 is 2.08 bits per heavy atom. The smallest absolute Gasteiger partial charge is 0.416 e. The molecule has 1 amide bonds. The second-order valence-corrected chi connectivity index (χ2v) is 11.2. The third-order valence-corrected chi connectivity index (χ3v) is 6.53. The van der Waals surface area contributed by atoms with Gasteiger partial charge in [0.15, 0.2) is 0 Å². The molecule has 0 saturated heterocycles. The average Bonchev–Trinajstić information content (AvgIpc) is 2.86. The zero-order valence-electron chi connectivity index (χ0n) is 20.2. The van der Waals surface area contributed by atoms with Crippen molar-refractivity contribution in [2.24, 2.45) is 0 Å². The Morgan fingerprint density at radius 1 is 0.921 bits per heavy atom. The lowest BCUT2D eigenvalue weighted by atomic mass is 10.0. The molecule has 0 bridgehead atoms. The van der Waals surface area contributed by atoms with Gasteiger partial charge >= 0.3 is 6.18 Å². The second-order valence-electron chi connectivity index (χ2n) is 8.44. The van der Waals surface area contributed by atoms with Crippen molar-refractivity contribution >= 4 is 58.0 Å².